The molecule has 6 heteroatoms. The maximum Gasteiger partial charge on any atom is 0.349 e. The van der Waals surface area contributed by atoms with Crippen LogP contribution in [-0.2, 0) is 18.7 Å². The first kappa shape index (κ1) is 19.5. The topological polar surface area (TPSA) is 57.3 Å². The average Bonchev–Trinajstić information content (AvgIpc) is 3.29. The van der Waals surface area contributed by atoms with Gasteiger partial charge >= 0.3 is 5.97 Å². The van der Waals surface area contributed by atoms with Gasteiger partial charge in [-0.3, -0.25) is 0 Å². The molecule has 0 radical (unpaired) electrons. The summed E-state index contributed by atoms with van der Waals surface area (Å²) in [4.78, 5) is 12.5. The molecule has 0 amide bonds. The van der Waals surface area contributed by atoms with Crippen LogP contribution >= 0.6 is 0 Å². The van der Waals surface area contributed by atoms with Gasteiger partial charge in [-0.1, -0.05) is 39.5 Å². The maximum absolute atomic E-state index is 12.5. The van der Waals surface area contributed by atoms with Crippen molar-refractivity contribution in [3.05, 3.63) is 42.2 Å². The summed E-state index contributed by atoms with van der Waals surface area (Å²) in [6.07, 6.45) is -0.469. The third-order valence-electron chi connectivity index (χ3n) is 5.12. The Hall–Kier alpha value is -1.79. The van der Waals surface area contributed by atoms with Crippen LogP contribution in [0.3, 0.4) is 0 Å². The third kappa shape index (κ3) is 3.46. The summed E-state index contributed by atoms with van der Waals surface area (Å²) in [6.45, 7) is 14.6. The van der Waals surface area contributed by atoms with Crippen LogP contribution in [0.1, 0.15) is 32.4 Å². The van der Waals surface area contributed by atoms with Gasteiger partial charge in [-0.05, 0) is 35.8 Å². The SMILES string of the molecule is C=C(O[Si](C)(C)C(C)(C)C)C1(C(=O)OC)OC1c1ccc(OC)cc1. The second-order valence-electron chi connectivity index (χ2n) is 7.78. The monoisotopic (exact) mass is 364 g/mol. The molecule has 0 aliphatic carbocycles. The molecule has 1 heterocycles. The molecule has 1 fully saturated rings. The van der Waals surface area contributed by atoms with E-state index < -0.39 is 26.0 Å². The molecule has 0 aromatic heterocycles. The number of carbonyl (C=O) groups excluding carboxylic acids is 1. The van der Waals surface area contributed by atoms with E-state index >= 15 is 0 Å². The van der Waals surface area contributed by atoms with Crippen molar-refractivity contribution in [2.24, 2.45) is 0 Å². The number of esters is 1. The Morgan fingerprint density at radius 2 is 1.76 bits per heavy atom. The fourth-order valence-electron chi connectivity index (χ4n) is 2.40. The quantitative estimate of drug-likeness (QED) is 0.327. The van der Waals surface area contributed by atoms with E-state index in [0.717, 1.165) is 11.3 Å². The molecule has 1 aliphatic rings. The smallest absolute Gasteiger partial charge is 0.349 e. The summed E-state index contributed by atoms with van der Waals surface area (Å²) >= 11 is 0. The van der Waals surface area contributed by atoms with Crippen LogP contribution in [0.25, 0.3) is 0 Å². The molecular formula is C19H28O5Si. The molecule has 25 heavy (non-hydrogen) atoms. The zero-order valence-electron chi connectivity index (χ0n) is 16.1. The van der Waals surface area contributed by atoms with Crippen molar-refractivity contribution in [2.45, 2.75) is 50.6 Å². The van der Waals surface area contributed by atoms with E-state index in [-0.39, 0.29) is 5.04 Å². The van der Waals surface area contributed by atoms with Crippen LogP contribution in [0.5, 0.6) is 5.75 Å². The average molecular weight is 365 g/mol. The van der Waals surface area contributed by atoms with Crippen LogP contribution in [0, 0.1) is 0 Å². The van der Waals surface area contributed by atoms with Crippen molar-refractivity contribution in [1.82, 2.24) is 0 Å². The van der Waals surface area contributed by atoms with Gasteiger partial charge in [-0.15, -0.1) is 0 Å². The number of rotatable bonds is 6. The van der Waals surface area contributed by atoms with Crippen molar-refractivity contribution < 1.29 is 23.4 Å². The minimum Gasteiger partial charge on any atom is -0.544 e. The summed E-state index contributed by atoms with van der Waals surface area (Å²) in [5.74, 6) is 0.577. The Labute approximate surface area is 151 Å². The van der Waals surface area contributed by atoms with E-state index in [4.69, 9.17) is 18.6 Å². The Morgan fingerprint density at radius 1 is 1.20 bits per heavy atom. The minimum absolute atomic E-state index is 0.0161. The Kier molecular flexibility index (Phi) is 5.08. The molecule has 2 unspecified atom stereocenters. The first-order valence-electron chi connectivity index (χ1n) is 8.28. The lowest BCUT2D eigenvalue weighted by Gasteiger charge is -2.37. The molecule has 2 rings (SSSR count). The van der Waals surface area contributed by atoms with Gasteiger partial charge in [0, 0.05) is 0 Å². The highest BCUT2D eigenvalue weighted by molar-refractivity contribution is 6.74. The van der Waals surface area contributed by atoms with Crippen molar-refractivity contribution in [3.63, 3.8) is 0 Å². The van der Waals surface area contributed by atoms with Gasteiger partial charge in [0.1, 0.15) is 17.6 Å². The van der Waals surface area contributed by atoms with Crippen LogP contribution in [0.15, 0.2) is 36.6 Å². The summed E-state index contributed by atoms with van der Waals surface area (Å²) < 4.78 is 22.2. The third-order valence-corrected chi connectivity index (χ3v) is 9.49. The van der Waals surface area contributed by atoms with Gasteiger partial charge in [0.25, 0.3) is 5.60 Å². The lowest BCUT2D eigenvalue weighted by Crippen LogP contribution is -2.43. The van der Waals surface area contributed by atoms with E-state index in [1.54, 1.807) is 7.11 Å². The zero-order chi connectivity index (χ0) is 19.0. The fraction of sp³-hybridized carbons (Fsp3) is 0.526. The second kappa shape index (κ2) is 6.50. The van der Waals surface area contributed by atoms with Gasteiger partial charge in [-0.2, -0.15) is 0 Å². The highest BCUT2D eigenvalue weighted by Crippen LogP contribution is 2.56. The standard InChI is InChI=1S/C19H28O5Si/c1-13(24-25(7,8)18(2,3)4)19(17(20)22-6)16(23-19)14-9-11-15(21-5)12-10-14/h9-12,16H,1H2,2-8H3. The van der Waals surface area contributed by atoms with Crippen LogP contribution < -0.4 is 4.74 Å². The van der Waals surface area contributed by atoms with E-state index in [2.05, 4.69) is 40.4 Å². The highest BCUT2D eigenvalue weighted by atomic mass is 28.4. The van der Waals surface area contributed by atoms with Gasteiger partial charge in [0.2, 0.25) is 8.32 Å². The number of hydrogen-bond acceptors (Lipinski definition) is 5. The summed E-state index contributed by atoms with van der Waals surface area (Å²) in [6, 6.07) is 7.40. The molecule has 1 aromatic carbocycles. The Bertz CT molecular complexity index is 659. The van der Waals surface area contributed by atoms with Crippen LogP contribution in [-0.4, -0.2) is 34.1 Å². The fourth-order valence-corrected chi connectivity index (χ4v) is 3.48. The van der Waals surface area contributed by atoms with Crippen molar-refractivity contribution in [1.29, 1.82) is 0 Å². The number of epoxide rings is 1. The normalized spacial score (nSPS) is 22.9. The molecular weight excluding hydrogens is 336 g/mol. The number of benzene rings is 1. The van der Waals surface area contributed by atoms with Gasteiger partial charge < -0.3 is 18.6 Å². The summed E-state index contributed by atoms with van der Waals surface area (Å²) in [5, 5.41) is -0.0161. The van der Waals surface area contributed by atoms with Gasteiger partial charge in [-0.25, -0.2) is 4.79 Å². The molecule has 0 bridgehead atoms. The van der Waals surface area contributed by atoms with Gasteiger partial charge in [0.05, 0.1) is 14.2 Å². The van der Waals surface area contributed by atoms with E-state index in [1.165, 1.54) is 7.11 Å². The molecule has 0 N–H and O–H groups in total. The minimum atomic E-state index is -2.15. The number of hydrogen-bond donors (Lipinski definition) is 0. The zero-order valence-corrected chi connectivity index (χ0v) is 17.1. The molecule has 1 aliphatic heterocycles. The first-order valence-corrected chi connectivity index (χ1v) is 11.2. The highest BCUT2D eigenvalue weighted by Gasteiger charge is 2.68. The predicted octanol–water partition coefficient (Wildman–Crippen LogP) is 4.21. The molecule has 5 nitrogen and oxygen atoms in total. The second-order valence-corrected chi connectivity index (χ2v) is 12.5. The first-order chi connectivity index (χ1) is 11.5. The Morgan fingerprint density at radius 3 is 2.20 bits per heavy atom. The van der Waals surface area contributed by atoms with Crippen LogP contribution in [0.2, 0.25) is 18.1 Å². The molecule has 0 spiro atoms. The van der Waals surface area contributed by atoms with Crippen molar-refractivity contribution >= 4 is 14.3 Å². The van der Waals surface area contributed by atoms with E-state index in [1.807, 2.05) is 24.3 Å². The van der Waals surface area contributed by atoms with E-state index in [0.29, 0.717) is 5.76 Å². The number of methoxy groups -OCH3 is 2. The molecule has 1 saturated heterocycles. The lowest BCUT2D eigenvalue weighted by molar-refractivity contribution is -0.146. The number of carbonyl (C=O) groups is 1. The summed E-state index contributed by atoms with van der Waals surface area (Å²) in [5.41, 5.74) is -0.426. The van der Waals surface area contributed by atoms with Crippen molar-refractivity contribution in [2.75, 3.05) is 14.2 Å². The van der Waals surface area contributed by atoms with Crippen LogP contribution in [0.4, 0.5) is 0 Å². The maximum atomic E-state index is 12.5. The van der Waals surface area contributed by atoms with E-state index in [9.17, 15) is 4.79 Å². The lowest BCUT2D eigenvalue weighted by atomic mass is 9.98. The molecule has 0 saturated carbocycles. The molecule has 138 valence electrons. The van der Waals surface area contributed by atoms with Gasteiger partial charge in [0.15, 0.2) is 0 Å². The molecule has 2 atom stereocenters. The van der Waals surface area contributed by atoms with Crippen molar-refractivity contribution in [3.8, 4) is 5.75 Å². The summed E-state index contributed by atoms with van der Waals surface area (Å²) in [7, 11) is 0.802. The largest absolute Gasteiger partial charge is 0.544 e. The predicted molar refractivity (Wildman–Crippen MR) is 99.0 cm³/mol. The Balaban J connectivity index is 2.29. The molecule has 1 aromatic rings. The number of ether oxygens (including phenoxy) is 3.